The van der Waals surface area contributed by atoms with Crippen molar-refractivity contribution in [3.8, 4) is 22.5 Å². The van der Waals surface area contributed by atoms with Gasteiger partial charge in [0.2, 0.25) is 0 Å². The van der Waals surface area contributed by atoms with E-state index in [0.717, 1.165) is 12.2 Å². The molecule has 0 radical (unpaired) electrons. The van der Waals surface area contributed by atoms with Crippen LogP contribution in [0.5, 0.6) is 0 Å². The minimum absolute atomic E-state index is 0.901. The first-order valence-corrected chi connectivity index (χ1v) is 7.16. The third-order valence-electron chi connectivity index (χ3n) is 4.19. The molecule has 0 amide bonds. The molecule has 3 nitrogen and oxygen atoms in total. The third-order valence-corrected chi connectivity index (χ3v) is 4.19. The molecule has 0 unspecified atom stereocenters. The van der Waals surface area contributed by atoms with E-state index < -0.39 is 0 Å². The number of benzene rings is 2. The molecule has 1 aromatic heterocycles. The van der Waals surface area contributed by atoms with Gasteiger partial charge in [0.25, 0.3) is 0 Å². The summed E-state index contributed by atoms with van der Waals surface area (Å²) < 4.78 is 2.12. The fraction of sp³-hybridized carbons (Fsp3) is 0.167. The predicted molar refractivity (Wildman–Crippen MR) is 86.2 cm³/mol. The Morgan fingerprint density at radius 1 is 0.905 bits per heavy atom. The van der Waals surface area contributed by atoms with Crippen molar-refractivity contribution in [2.75, 3.05) is 11.9 Å². The number of aromatic nitrogens is 2. The summed E-state index contributed by atoms with van der Waals surface area (Å²) in [5, 5.41) is 0. The van der Waals surface area contributed by atoms with Crippen molar-refractivity contribution >= 4 is 5.69 Å². The second kappa shape index (κ2) is 4.48. The molecular formula is C18H17N3. The number of hydrogen-bond donors (Lipinski definition) is 0. The molecule has 0 aliphatic carbocycles. The van der Waals surface area contributed by atoms with E-state index in [1.54, 1.807) is 0 Å². The van der Waals surface area contributed by atoms with E-state index in [1.165, 1.54) is 28.1 Å². The Bertz CT molecular complexity index is 817. The van der Waals surface area contributed by atoms with Gasteiger partial charge in [-0.3, -0.25) is 0 Å². The molecule has 0 saturated carbocycles. The highest BCUT2D eigenvalue weighted by Crippen LogP contribution is 2.40. The summed E-state index contributed by atoms with van der Waals surface area (Å²) >= 11 is 0. The van der Waals surface area contributed by atoms with Crippen molar-refractivity contribution in [2.24, 2.45) is 7.05 Å². The maximum absolute atomic E-state index is 4.67. The zero-order valence-corrected chi connectivity index (χ0v) is 12.2. The maximum atomic E-state index is 4.67. The molecule has 21 heavy (non-hydrogen) atoms. The first-order valence-electron chi connectivity index (χ1n) is 7.16. The molecule has 4 rings (SSSR count). The first kappa shape index (κ1) is 12.2. The molecule has 3 heteroatoms. The average Bonchev–Trinajstić information content (AvgIpc) is 2.88. The Morgan fingerprint density at radius 3 is 2.48 bits per heavy atom. The molecule has 0 N–H and O–H groups in total. The Kier molecular flexibility index (Phi) is 2.61. The van der Waals surface area contributed by atoms with Crippen molar-refractivity contribution in [3.63, 3.8) is 0 Å². The van der Waals surface area contributed by atoms with Crippen molar-refractivity contribution in [1.82, 2.24) is 9.55 Å². The monoisotopic (exact) mass is 275 g/mol. The molecule has 3 aromatic rings. The van der Waals surface area contributed by atoms with Gasteiger partial charge in [-0.1, -0.05) is 42.5 Å². The highest BCUT2D eigenvalue weighted by Gasteiger charge is 2.22. The number of rotatable bonds is 0. The van der Waals surface area contributed by atoms with Crippen LogP contribution in [-0.2, 0) is 13.6 Å². The fourth-order valence-corrected chi connectivity index (χ4v) is 3.18. The molecular weight excluding hydrogens is 258 g/mol. The summed E-state index contributed by atoms with van der Waals surface area (Å²) in [6.45, 7) is 0.901. The molecule has 0 spiro atoms. The Hall–Kier alpha value is -2.55. The van der Waals surface area contributed by atoms with Crippen LogP contribution in [0.1, 0.15) is 5.56 Å². The highest BCUT2D eigenvalue weighted by molar-refractivity contribution is 5.88. The maximum Gasteiger partial charge on any atom is 0.0984 e. The number of aryl methyl sites for hydroxylation is 1. The zero-order chi connectivity index (χ0) is 14.4. The minimum Gasteiger partial charge on any atom is -0.370 e. The van der Waals surface area contributed by atoms with Crippen LogP contribution in [0.4, 0.5) is 5.69 Å². The molecule has 104 valence electrons. The predicted octanol–water partition coefficient (Wildman–Crippen LogP) is 3.70. The van der Waals surface area contributed by atoms with Crippen LogP contribution in [0.25, 0.3) is 22.5 Å². The Labute approximate surface area is 124 Å². The van der Waals surface area contributed by atoms with Gasteiger partial charge in [-0.15, -0.1) is 0 Å². The molecule has 0 atom stereocenters. The average molecular weight is 275 g/mol. The molecule has 0 fully saturated rings. The molecule has 1 aliphatic heterocycles. The fourth-order valence-electron chi connectivity index (χ4n) is 3.18. The second-order valence-corrected chi connectivity index (χ2v) is 5.58. The van der Waals surface area contributed by atoms with Crippen molar-refractivity contribution in [1.29, 1.82) is 0 Å². The lowest BCUT2D eigenvalue weighted by Gasteiger charge is -2.26. The number of nitrogens with zero attached hydrogens (tertiary/aromatic N) is 3. The van der Waals surface area contributed by atoms with Gasteiger partial charge in [0.1, 0.15) is 0 Å². The van der Waals surface area contributed by atoms with Gasteiger partial charge in [-0.05, 0) is 11.6 Å². The van der Waals surface area contributed by atoms with E-state index >= 15 is 0 Å². The lowest BCUT2D eigenvalue weighted by molar-refractivity contribution is 0.900. The van der Waals surface area contributed by atoms with Gasteiger partial charge in [-0.25, -0.2) is 4.98 Å². The summed E-state index contributed by atoms with van der Waals surface area (Å²) in [7, 11) is 4.21. The van der Waals surface area contributed by atoms with Crippen molar-refractivity contribution < 1.29 is 0 Å². The molecule has 0 bridgehead atoms. The number of fused-ring (bicyclic) bond motifs is 5. The lowest BCUT2D eigenvalue weighted by Crippen LogP contribution is -2.19. The van der Waals surface area contributed by atoms with Crippen molar-refractivity contribution in [2.45, 2.75) is 6.54 Å². The summed E-state index contributed by atoms with van der Waals surface area (Å²) in [4.78, 5) is 6.97. The summed E-state index contributed by atoms with van der Waals surface area (Å²) in [5.74, 6) is 0. The largest absolute Gasteiger partial charge is 0.370 e. The van der Waals surface area contributed by atoms with Crippen LogP contribution >= 0.6 is 0 Å². The van der Waals surface area contributed by atoms with Gasteiger partial charge >= 0.3 is 0 Å². The minimum atomic E-state index is 0.901. The molecule has 1 aliphatic rings. The van der Waals surface area contributed by atoms with Gasteiger partial charge in [0.05, 0.1) is 17.7 Å². The van der Waals surface area contributed by atoms with Gasteiger partial charge in [0, 0.05) is 37.5 Å². The van der Waals surface area contributed by atoms with Crippen molar-refractivity contribution in [3.05, 3.63) is 60.4 Å². The quantitative estimate of drug-likeness (QED) is 0.623. The van der Waals surface area contributed by atoms with E-state index in [0.29, 0.717) is 0 Å². The smallest absolute Gasteiger partial charge is 0.0984 e. The van der Waals surface area contributed by atoms with Crippen LogP contribution in [0, 0.1) is 0 Å². The summed E-state index contributed by atoms with van der Waals surface area (Å²) in [6, 6.07) is 17.1. The van der Waals surface area contributed by atoms with Crippen LogP contribution < -0.4 is 4.90 Å². The lowest BCUT2D eigenvalue weighted by atomic mass is 9.96. The van der Waals surface area contributed by atoms with Gasteiger partial charge in [-0.2, -0.15) is 0 Å². The van der Waals surface area contributed by atoms with Crippen LogP contribution in [0.2, 0.25) is 0 Å². The third kappa shape index (κ3) is 1.77. The standard InChI is InChI=1S/C18H17N3/c1-20-11-13-7-3-4-8-14(13)18-17(19-12-21(18)2)15-9-5-6-10-16(15)20/h3-10,12H,11H2,1-2H3. The van der Waals surface area contributed by atoms with Crippen LogP contribution in [0.15, 0.2) is 54.9 Å². The number of para-hydroxylation sites is 1. The number of imidazole rings is 1. The number of hydrogen-bond acceptors (Lipinski definition) is 2. The van der Waals surface area contributed by atoms with E-state index in [4.69, 9.17) is 0 Å². The van der Waals surface area contributed by atoms with Crippen LogP contribution in [0.3, 0.4) is 0 Å². The Balaban J connectivity index is 2.11. The second-order valence-electron chi connectivity index (χ2n) is 5.58. The SMILES string of the molecule is CN1Cc2ccccc2-c2c(ncn2C)-c2ccccc21. The first-order chi connectivity index (χ1) is 10.3. The van der Waals surface area contributed by atoms with Crippen LogP contribution in [-0.4, -0.2) is 16.6 Å². The number of anilines is 1. The van der Waals surface area contributed by atoms with E-state index in [1.807, 2.05) is 6.33 Å². The zero-order valence-electron chi connectivity index (χ0n) is 12.2. The highest BCUT2D eigenvalue weighted by atomic mass is 15.1. The molecule has 2 aromatic carbocycles. The van der Waals surface area contributed by atoms with E-state index in [9.17, 15) is 0 Å². The molecule has 0 saturated heterocycles. The van der Waals surface area contributed by atoms with Gasteiger partial charge < -0.3 is 9.47 Å². The topological polar surface area (TPSA) is 21.1 Å². The Morgan fingerprint density at radius 2 is 1.62 bits per heavy atom. The normalized spacial score (nSPS) is 13.0. The molecule has 2 heterocycles. The summed E-state index contributed by atoms with van der Waals surface area (Å²) in [6.07, 6.45) is 1.91. The van der Waals surface area contributed by atoms with E-state index in [2.05, 4.69) is 77.1 Å². The van der Waals surface area contributed by atoms with Gasteiger partial charge in [0.15, 0.2) is 0 Å². The summed E-state index contributed by atoms with van der Waals surface area (Å²) in [5.41, 5.74) is 7.29. The van der Waals surface area contributed by atoms with E-state index in [-0.39, 0.29) is 0 Å².